The van der Waals surface area contributed by atoms with E-state index in [1.807, 2.05) is 13.0 Å². The molecule has 1 amide bonds. The van der Waals surface area contributed by atoms with Gasteiger partial charge >= 0.3 is 23.9 Å². The molecule has 5 atom stereocenters. The second kappa shape index (κ2) is 21.1. The molecule has 3 aromatic heterocycles. The maximum atomic E-state index is 13.8. The molecule has 0 saturated carbocycles. The van der Waals surface area contributed by atoms with Gasteiger partial charge in [-0.05, 0) is 117 Å². The molecule has 6 heterocycles. The summed E-state index contributed by atoms with van der Waals surface area (Å²) in [6.45, 7) is 21.6. The van der Waals surface area contributed by atoms with E-state index in [9.17, 15) is 24.0 Å². The van der Waals surface area contributed by atoms with Crippen LogP contribution in [0.1, 0.15) is 118 Å². The Hall–Kier alpha value is -6.00. The lowest BCUT2D eigenvalue weighted by atomic mass is 9.98. The zero-order valence-corrected chi connectivity index (χ0v) is 40.6. The molecule has 0 aromatic carbocycles. The summed E-state index contributed by atoms with van der Waals surface area (Å²) >= 11 is 1.28. The third-order valence-electron chi connectivity index (χ3n) is 12.2. The molecular weight excluding hydrogens is 863 g/mol. The van der Waals surface area contributed by atoms with Crippen LogP contribution in [-0.2, 0) is 54.1 Å². The van der Waals surface area contributed by atoms with Crippen molar-refractivity contribution < 1.29 is 47.7 Å². The highest BCUT2D eigenvalue weighted by molar-refractivity contribution is 7.99. The minimum atomic E-state index is -1.24. The van der Waals surface area contributed by atoms with Crippen molar-refractivity contribution in [2.75, 3.05) is 26.0 Å². The normalized spacial score (nSPS) is 19.2. The lowest BCUT2D eigenvalue weighted by Gasteiger charge is -2.44. The molecule has 0 aliphatic carbocycles. The van der Waals surface area contributed by atoms with Crippen LogP contribution in [0, 0.1) is 20.8 Å². The predicted octanol–water partition coefficient (Wildman–Crippen LogP) is 8.38. The second-order valence-corrected chi connectivity index (χ2v) is 18.1. The first-order valence-electron chi connectivity index (χ1n) is 22.2. The molecule has 352 valence electrons. The van der Waals surface area contributed by atoms with Crippen LogP contribution < -0.4 is 0 Å². The number of carbonyl (C=O) groups is 5. The Morgan fingerprint density at radius 2 is 1.44 bits per heavy atom. The Bertz CT molecular complexity index is 2680. The number of ether oxygens (including phenoxy) is 5. The first-order valence-corrected chi connectivity index (χ1v) is 23.3. The van der Waals surface area contributed by atoms with Crippen molar-refractivity contribution in [1.29, 1.82) is 0 Å². The van der Waals surface area contributed by atoms with E-state index in [0.29, 0.717) is 25.1 Å². The van der Waals surface area contributed by atoms with Crippen molar-refractivity contribution in [3.8, 4) is 0 Å². The largest absolute Gasteiger partial charge is 0.463 e. The van der Waals surface area contributed by atoms with Crippen LogP contribution >= 0.6 is 11.8 Å². The number of amides is 1. The van der Waals surface area contributed by atoms with Crippen LogP contribution in [0.25, 0.3) is 50.9 Å². The molecule has 1 saturated heterocycles. The third kappa shape index (κ3) is 11.0. The third-order valence-corrected chi connectivity index (χ3v) is 13.4. The highest BCUT2D eigenvalue weighted by Crippen LogP contribution is 2.38. The van der Waals surface area contributed by atoms with Crippen molar-refractivity contribution in [3.05, 3.63) is 75.4 Å². The fourth-order valence-electron chi connectivity index (χ4n) is 8.72. The van der Waals surface area contributed by atoms with Gasteiger partial charge in [0.15, 0.2) is 18.3 Å². The number of carbonyl (C=O) groups excluding carboxylic acids is 5. The lowest BCUT2D eigenvalue weighted by molar-refractivity contribution is -0.237. The van der Waals surface area contributed by atoms with E-state index in [4.69, 9.17) is 33.7 Å². The van der Waals surface area contributed by atoms with Crippen LogP contribution in [0.3, 0.4) is 0 Å². The monoisotopic (exact) mass is 923 g/mol. The number of hydrogen-bond acceptors (Lipinski definition) is 13. The summed E-state index contributed by atoms with van der Waals surface area (Å²) in [4.78, 5) is 81.5. The van der Waals surface area contributed by atoms with Gasteiger partial charge in [0, 0.05) is 80.9 Å². The number of aryl methyl sites for hydroxylation is 3. The van der Waals surface area contributed by atoms with E-state index in [1.54, 1.807) is 11.9 Å². The van der Waals surface area contributed by atoms with Gasteiger partial charge < -0.3 is 38.6 Å². The smallest absolute Gasteiger partial charge is 0.303 e. The van der Waals surface area contributed by atoms with Gasteiger partial charge in [-0.15, -0.1) is 11.8 Å². The number of thioether (sulfide) groups is 1. The minimum absolute atomic E-state index is 0.0530. The molecule has 3 aliphatic heterocycles. The SMILES string of the molecule is C=Cc1c(C)c2cc3nc(c(C)c4nc(cc5[nH]c(cc1[nH]2)c(C)c5CC)C(C)=C4)C(CCC(=O)N(C)CCCS[C@H]1O[C@H](COC(C)=O)[C@@H](OC(C)=O)[C@H](OC(C)=O)[C@@H]1OC(C)=O)=C3C. The first-order chi connectivity index (χ1) is 31.3. The Kier molecular flexibility index (Phi) is 15.8. The molecular formula is C50H61N5O10S. The van der Waals surface area contributed by atoms with Gasteiger partial charge in [0.25, 0.3) is 0 Å². The summed E-state index contributed by atoms with van der Waals surface area (Å²) < 4.78 is 28.1. The van der Waals surface area contributed by atoms with Crippen LogP contribution in [0.2, 0.25) is 0 Å². The predicted molar refractivity (Wildman–Crippen MR) is 257 cm³/mol. The number of fused-ring (bicyclic) bond motifs is 8. The molecule has 15 nitrogen and oxygen atoms in total. The average Bonchev–Trinajstić information content (AvgIpc) is 3.96. The molecule has 6 rings (SSSR count). The number of allylic oxidation sites excluding steroid dienone is 3. The molecule has 3 aromatic rings. The number of nitrogens with zero attached hydrogens (tertiary/aromatic N) is 3. The summed E-state index contributed by atoms with van der Waals surface area (Å²) in [7, 11) is 1.76. The number of nitrogens with one attached hydrogen (secondary N) is 2. The van der Waals surface area contributed by atoms with Gasteiger partial charge in [0.05, 0.1) is 22.8 Å². The molecule has 0 spiro atoms. The molecule has 16 heteroatoms. The quantitative estimate of drug-likeness (QED) is 0.0840. The Balaban J connectivity index is 1.23. The number of esters is 4. The van der Waals surface area contributed by atoms with E-state index in [1.165, 1.54) is 50.6 Å². The van der Waals surface area contributed by atoms with E-state index in [0.717, 1.165) is 84.7 Å². The molecule has 0 unspecified atom stereocenters. The Morgan fingerprint density at radius 1 is 0.803 bits per heavy atom. The van der Waals surface area contributed by atoms with E-state index in [-0.39, 0.29) is 18.9 Å². The summed E-state index contributed by atoms with van der Waals surface area (Å²) in [6.07, 6.45) is 1.39. The van der Waals surface area contributed by atoms with Gasteiger partial charge in [-0.25, -0.2) is 9.97 Å². The van der Waals surface area contributed by atoms with Crippen molar-refractivity contribution in [3.63, 3.8) is 0 Å². The maximum absolute atomic E-state index is 13.8. The standard InChI is InChI=1S/C50H61N5O10S/c1-13-34-27(5)40-23-43-35(14-2)26(4)39(52-43)22-41-28(6)36(46(54-41)29(7)38-20-25(3)37(51-38)21-42(34)53-40)16-17-45(60)55(12)18-15-19-66-50-49(64-33(11)59)48(63-32(10)58)47(62-31(9)57)44(65-50)24-61-30(8)56/h14,20-23,44,47-50,52-53H,2,13,15-19,24H2,1,3-12H3/t44-,47-,48+,49+,50-/m1/s1. The average molecular weight is 924 g/mol. The topological polar surface area (TPSA) is 192 Å². The van der Waals surface area contributed by atoms with Gasteiger partial charge in [0.2, 0.25) is 5.91 Å². The van der Waals surface area contributed by atoms with E-state index in [2.05, 4.69) is 75.4 Å². The number of hydrogen-bond donors (Lipinski definition) is 2. The first kappa shape index (κ1) is 49.4. The number of H-pyrrole nitrogens is 2. The van der Waals surface area contributed by atoms with Crippen molar-refractivity contribution in [1.82, 2.24) is 24.8 Å². The summed E-state index contributed by atoms with van der Waals surface area (Å²) in [5.74, 6) is -2.26. The van der Waals surface area contributed by atoms with Crippen LogP contribution in [0.4, 0.5) is 0 Å². The van der Waals surface area contributed by atoms with E-state index >= 15 is 0 Å². The highest BCUT2D eigenvalue weighted by atomic mass is 32.2. The molecule has 1 fully saturated rings. The summed E-state index contributed by atoms with van der Waals surface area (Å²) in [6, 6.07) is 6.35. The summed E-state index contributed by atoms with van der Waals surface area (Å²) in [5, 5.41) is 0. The minimum Gasteiger partial charge on any atom is -0.463 e. The van der Waals surface area contributed by atoms with Gasteiger partial charge in [-0.3, -0.25) is 24.0 Å². The van der Waals surface area contributed by atoms with Crippen LogP contribution in [-0.4, -0.2) is 110 Å². The van der Waals surface area contributed by atoms with Crippen LogP contribution in [0.15, 0.2) is 24.8 Å². The van der Waals surface area contributed by atoms with Crippen molar-refractivity contribution in [2.24, 2.45) is 0 Å². The van der Waals surface area contributed by atoms with Gasteiger partial charge in [-0.2, -0.15) is 0 Å². The fraction of sp³-hybridized carbons (Fsp3) is 0.460. The van der Waals surface area contributed by atoms with E-state index < -0.39 is 53.7 Å². The zero-order valence-electron chi connectivity index (χ0n) is 39.8. The van der Waals surface area contributed by atoms with Gasteiger partial charge in [0.1, 0.15) is 18.1 Å². The molecule has 8 bridgehead atoms. The van der Waals surface area contributed by atoms with Gasteiger partial charge in [-0.1, -0.05) is 19.6 Å². The number of aromatic nitrogens is 4. The van der Waals surface area contributed by atoms with Crippen LogP contribution in [0.5, 0.6) is 0 Å². The summed E-state index contributed by atoms with van der Waals surface area (Å²) in [5.41, 5.74) is 14.8. The maximum Gasteiger partial charge on any atom is 0.303 e. The number of rotatable bonds is 15. The molecule has 0 radical (unpaired) electrons. The molecule has 66 heavy (non-hydrogen) atoms. The fourth-order valence-corrected chi connectivity index (χ4v) is 9.86. The molecule has 3 aliphatic rings. The lowest BCUT2D eigenvalue weighted by Crippen LogP contribution is -2.61. The molecule has 2 N–H and O–H groups in total. The zero-order chi connectivity index (χ0) is 48.1. The highest BCUT2D eigenvalue weighted by Gasteiger charge is 2.52. The second-order valence-electron chi connectivity index (χ2n) is 16.9. The van der Waals surface area contributed by atoms with Crippen molar-refractivity contribution in [2.45, 2.75) is 125 Å². The Labute approximate surface area is 389 Å². The van der Waals surface area contributed by atoms with Crippen molar-refractivity contribution >= 4 is 92.5 Å². The number of aromatic amines is 2. The Morgan fingerprint density at radius 3 is 2.09 bits per heavy atom.